The first kappa shape index (κ1) is 25.4. The summed E-state index contributed by atoms with van der Waals surface area (Å²) < 4.78 is 24.7. The quantitative estimate of drug-likeness (QED) is 0.223. The maximum atomic E-state index is 13.9. The van der Waals surface area contributed by atoms with Crippen molar-refractivity contribution in [2.45, 2.75) is 26.9 Å². The second kappa shape index (κ2) is 11.7. The fourth-order valence-corrected chi connectivity index (χ4v) is 4.46. The lowest BCUT2D eigenvalue weighted by Crippen LogP contribution is -2.06. The zero-order valence-electron chi connectivity index (χ0n) is 19.1. The Bertz CT molecular complexity index is 1380. The molecule has 1 heterocycles. The highest BCUT2D eigenvalue weighted by Crippen LogP contribution is 2.30. The molecule has 0 fully saturated rings. The molecule has 6 nitrogen and oxygen atoms in total. The molecule has 0 spiro atoms. The van der Waals surface area contributed by atoms with E-state index in [0.717, 1.165) is 11.3 Å². The van der Waals surface area contributed by atoms with Crippen LogP contribution in [0.4, 0.5) is 4.39 Å². The van der Waals surface area contributed by atoms with Crippen molar-refractivity contribution >= 4 is 29.2 Å². The van der Waals surface area contributed by atoms with Gasteiger partial charge in [-0.3, -0.25) is 4.79 Å². The molecule has 0 amide bonds. The summed E-state index contributed by atoms with van der Waals surface area (Å²) in [5, 5.41) is 19.2. The Labute approximate surface area is 206 Å². The third kappa shape index (κ3) is 6.00. The highest BCUT2D eigenvalue weighted by molar-refractivity contribution is 7.14. The maximum Gasteiger partial charge on any atom is 0.348 e. The number of carbonyl (C=O) groups excluding carboxylic acids is 2. The third-order valence-corrected chi connectivity index (χ3v) is 6.37. The molecule has 0 saturated carbocycles. The van der Waals surface area contributed by atoms with Crippen molar-refractivity contribution in [3.8, 4) is 17.9 Å². The van der Waals surface area contributed by atoms with Gasteiger partial charge in [-0.1, -0.05) is 36.4 Å². The van der Waals surface area contributed by atoms with E-state index >= 15 is 0 Å². The Morgan fingerprint density at radius 1 is 1.11 bits per heavy atom. The Balaban J connectivity index is 1.85. The van der Waals surface area contributed by atoms with Gasteiger partial charge < -0.3 is 9.47 Å². The molecule has 0 atom stereocenters. The molecule has 3 rings (SSSR count). The summed E-state index contributed by atoms with van der Waals surface area (Å²) in [5.41, 5.74) is 1.39. The zero-order valence-corrected chi connectivity index (χ0v) is 19.9. The van der Waals surface area contributed by atoms with Crippen LogP contribution >= 0.6 is 11.3 Å². The van der Waals surface area contributed by atoms with Crippen LogP contribution in [0, 0.1) is 35.4 Å². The maximum absolute atomic E-state index is 13.9. The molecule has 8 heteroatoms. The first-order chi connectivity index (χ1) is 16.9. The number of thiophene rings is 1. The number of hydrogen-bond donors (Lipinski definition) is 0. The Morgan fingerprint density at radius 2 is 1.83 bits per heavy atom. The van der Waals surface area contributed by atoms with Crippen LogP contribution in [0.3, 0.4) is 0 Å². The molecule has 0 unspecified atom stereocenters. The number of nitrogens with zero attached hydrogens (tertiary/aromatic N) is 2. The topological polar surface area (TPSA) is 100 Å². The highest BCUT2D eigenvalue weighted by Gasteiger charge is 2.23. The van der Waals surface area contributed by atoms with Crippen molar-refractivity contribution < 1.29 is 23.5 Å². The number of rotatable bonds is 9. The number of nitriles is 2. The fourth-order valence-electron chi connectivity index (χ4n) is 3.31. The average molecular weight is 489 g/mol. The lowest BCUT2D eigenvalue weighted by atomic mass is 10.0. The molecule has 0 radical (unpaired) electrons. The molecule has 0 aliphatic rings. The predicted octanol–water partition coefficient (Wildman–Crippen LogP) is 5.54. The summed E-state index contributed by atoms with van der Waals surface area (Å²) in [5.74, 6) is -1.08. The second-order valence-corrected chi connectivity index (χ2v) is 8.48. The van der Waals surface area contributed by atoms with Gasteiger partial charge in [0.2, 0.25) is 0 Å². The molecule has 0 aliphatic heterocycles. The van der Waals surface area contributed by atoms with Gasteiger partial charge in [-0.25, -0.2) is 9.18 Å². The number of Topliss-reactive ketones (excluding diaryl/α,β-unsaturated/α-hetero) is 1. The monoisotopic (exact) mass is 488 g/mol. The summed E-state index contributed by atoms with van der Waals surface area (Å²) in [7, 11) is 0. The number of ether oxygens (including phenoxy) is 2. The smallest absolute Gasteiger partial charge is 0.348 e. The molecule has 0 aliphatic carbocycles. The minimum atomic E-state index is -0.554. The van der Waals surface area contributed by atoms with E-state index in [2.05, 4.69) is 0 Å². The van der Waals surface area contributed by atoms with E-state index in [1.165, 1.54) is 12.1 Å². The normalized spacial score (nSPS) is 10.8. The van der Waals surface area contributed by atoms with E-state index in [0.29, 0.717) is 27.3 Å². The van der Waals surface area contributed by atoms with Crippen molar-refractivity contribution in [3.63, 3.8) is 0 Å². The van der Waals surface area contributed by atoms with Crippen molar-refractivity contribution in [1.29, 1.82) is 10.5 Å². The summed E-state index contributed by atoms with van der Waals surface area (Å²) in [4.78, 5) is 25.8. The van der Waals surface area contributed by atoms with Gasteiger partial charge in [-0.2, -0.15) is 10.5 Å². The van der Waals surface area contributed by atoms with E-state index < -0.39 is 17.6 Å². The van der Waals surface area contributed by atoms with Gasteiger partial charge in [0.25, 0.3) is 0 Å². The first-order valence-electron chi connectivity index (χ1n) is 10.7. The number of esters is 1. The predicted molar refractivity (Wildman–Crippen MR) is 129 cm³/mol. The van der Waals surface area contributed by atoms with Crippen LogP contribution in [-0.4, -0.2) is 18.4 Å². The Morgan fingerprint density at radius 3 is 2.51 bits per heavy atom. The van der Waals surface area contributed by atoms with Crippen LogP contribution in [0.15, 0.2) is 54.1 Å². The van der Waals surface area contributed by atoms with Crippen LogP contribution in [-0.2, 0) is 22.6 Å². The summed E-state index contributed by atoms with van der Waals surface area (Å²) in [6.07, 6.45) is 1.18. The standard InChI is InChI=1S/C27H21FN2O4S/c1-3-33-27(32)26-17(2)21(15-30)25(35-26)13-23(31)20(14-29)12-18-8-5-7-11-24(18)34-16-19-9-4-6-10-22(19)28/h4-12H,3,13,16H2,1-2H3. The molecular formula is C27H21FN2O4S. The second-order valence-electron chi connectivity index (χ2n) is 7.37. The number of carbonyl (C=O) groups is 2. The van der Waals surface area contributed by atoms with Gasteiger partial charge in [0.15, 0.2) is 5.78 Å². The lowest BCUT2D eigenvalue weighted by molar-refractivity contribution is -0.114. The first-order valence-corrected chi connectivity index (χ1v) is 11.5. The fraction of sp³-hybridized carbons (Fsp3) is 0.185. The number of halogens is 1. The molecule has 0 bridgehead atoms. The van der Waals surface area contributed by atoms with Crippen molar-refractivity contribution in [1.82, 2.24) is 0 Å². The van der Waals surface area contributed by atoms with E-state index in [1.54, 1.807) is 56.3 Å². The number of hydrogen-bond acceptors (Lipinski definition) is 7. The molecule has 2 aromatic carbocycles. The van der Waals surface area contributed by atoms with Gasteiger partial charge >= 0.3 is 5.97 Å². The van der Waals surface area contributed by atoms with Crippen LogP contribution in [0.5, 0.6) is 5.75 Å². The summed E-state index contributed by atoms with van der Waals surface area (Å²) in [6.45, 7) is 3.47. The number of allylic oxidation sites excluding steroid dienone is 1. The van der Waals surface area contributed by atoms with Gasteiger partial charge in [-0.05, 0) is 37.6 Å². The zero-order chi connectivity index (χ0) is 25.4. The lowest BCUT2D eigenvalue weighted by Gasteiger charge is -2.10. The molecular weight excluding hydrogens is 467 g/mol. The number of ketones is 1. The molecule has 35 heavy (non-hydrogen) atoms. The molecule has 3 aromatic rings. The Kier molecular flexibility index (Phi) is 8.50. The van der Waals surface area contributed by atoms with Gasteiger partial charge in [0, 0.05) is 22.4 Å². The highest BCUT2D eigenvalue weighted by atomic mass is 32.1. The largest absolute Gasteiger partial charge is 0.488 e. The molecule has 0 saturated heterocycles. The SMILES string of the molecule is CCOC(=O)c1sc(CC(=O)C(C#N)=Cc2ccccc2OCc2ccccc2F)c(C#N)c1C. The van der Waals surface area contributed by atoms with E-state index in [1.807, 2.05) is 12.1 Å². The van der Waals surface area contributed by atoms with E-state index in [4.69, 9.17) is 9.47 Å². The summed E-state index contributed by atoms with van der Waals surface area (Å²) >= 11 is 1.02. The molecule has 1 aromatic heterocycles. The van der Waals surface area contributed by atoms with Crippen LogP contribution in [0.1, 0.15) is 43.7 Å². The van der Waals surface area contributed by atoms with Gasteiger partial charge in [0.1, 0.15) is 35.2 Å². The Hall–Kier alpha value is -4.27. The van der Waals surface area contributed by atoms with Gasteiger partial charge in [0.05, 0.1) is 17.7 Å². The minimum Gasteiger partial charge on any atom is -0.488 e. The van der Waals surface area contributed by atoms with E-state index in [-0.39, 0.29) is 35.6 Å². The average Bonchev–Trinajstić information content (AvgIpc) is 3.17. The molecule has 176 valence electrons. The van der Waals surface area contributed by atoms with Crippen molar-refractivity contribution in [2.24, 2.45) is 0 Å². The van der Waals surface area contributed by atoms with Crippen LogP contribution < -0.4 is 4.74 Å². The van der Waals surface area contributed by atoms with Crippen molar-refractivity contribution in [3.05, 3.63) is 91.9 Å². The van der Waals surface area contributed by atoms with Crippen molar-refractivity contribution in [2.75, 3.05) is 6.61 Å². The van der Waals surface area contributed by atoms with Gasteiger partial charge in [-0.15, -0.1) is 11.3 Å². The van der Waals surface area contributed by atoms with Crippen LogP contribution in [0.2, 0.25) is 0 Å². The summed E-state index contributed by atoms with van der Waals surface area (Å²) in [6, 6.07) is 17.0. The van der Waals surface area contributed by atoms with E-state index in [9.17, 15) is 24.5 Å². The minimum absolute atomic E-state index is 0.0238. The number of para-hydroxylation sites is 1. The number of benzene rings is 2. The third-order valence-electron chi connectivity index (χ3n) is 5.09. The van der Waals surface area contributed by atoms with Crippen LogP contribution in [0.25, 0.3) is 6.08 Å². The molecule has 0 N–H and O–H groups in total.